The summed E-state index contributed by atoms with van der Waals surface area (Å²) in [5, 5.41) is 13.8. The molecule has 2 heterocycles. The fraction of sp³-hybridized carbons (Fsp3) is 0.385. The summed E-state index contributed by atoms with van der Waals surface area (Å²) in [4.78, 5) is 19.1. The van der Waals surface area contributed by atoms with Crippen molar-refractivity contribution < 1.29 is 14.1 Å². The number of ether oxygens (including phenoxy) is 1. The Kier molecular flexibility index (Phi) is 5.37. The lowest BCUT2D eigenvalue weighted by atomic mass is 9.89. The number of carbonyl (C=O) groups excluding carboxylic acids is 1. The van der Waals surface area contributed by atoms with Crippen molar-refractivity contribution in [3.05, 3.63) is 53.1 Å². The Hall–Kier alpha value is -3.66. The van der Waals surface area contributed by atoms with Crippen LogP contribution in [0.5, 0.6) is 5.75 Å². The number of fused-ring (bicyclic) bond motifs is 3. The number of hydrogen-bond acceptors (Lipinski definition) is 6. The van der Waals surface area contributed by atoms with Crippen LogP contribution in [-0.2, 0) is 11.2 Å². The number of nitrogens with zero attached hydrogens (tertiary/aromatic N) is 4. The fourth-order valence-electron chi connectivity index (χ4n) is 5.17. The first-order valence-corrected chi connectivity index (χ1v) is 11.5. The molecular formula is C26H26N4O3. The predicted molar refractivity (Wildman–Crippen MR) is 122 cm³/mol. The Morgan fingerprint density at radius 2 is 2.15 bits per heavy atom. The number of piperidine rings is 1. The molecular weight excluding hydrogens is 416 g/mol. The zero-order valence-electron chi connectivity index (χ0n) is 19.0. The topological polar surface area (TPSA) is 92.3 Å². The average molecular weight is 443 g/mol. The van der Waals surface area contributed by atoms with Crippen LogP contribution in [0.3, 0.4) is 0 Å². The molecule has 7 nitrogen and oxygen atoms in total. The molecule has 0 unspecified atom stereocenters. The molecule has 0 radical (unpaired) electrons. The first kappa shape index (κ1) is 21.2. The summed E-state index contributed by atoms with van der Waals surface area (Å²) >= 11 is 0. The van der Waals surface area contributed by atoms with Crippen LogP contribution in [0.2, 0.25) is 0 Å². The quantitative estimate of drug-likeness (QED) is 0.557. The van der Waals surface area contributed by atoms with Gasteiger partial charge >= 0.3 is 0 Å². The van der Waals surface area contributed by atoms with Gasteiger partial charge in [-0.1, -0.05) is 23.4 Å². The highest BCUT2D eigenvalue weighted by Gasteiger charge is 2.42. The molecule has 2 aromatic carbocycles. The Morgan fingerprint density at radius 3 is 2.91 bits per heavy atom. The summed E-state index contributed by atoms with van der Waals surface area (Å²) in [6.07, 6.45) is 2.40. The van der Waals surface area contributed by atoms with Gasteiger partial charge in [0.2, 0.25) is 11.7 Å². The summed E-state index contributed by atoms with van der Waals surface area (Å²) in [5.41, 5.74) is 4.44. The molecule has 1 aliphatic carbocycles. The minimum Gasteiger partial charge on any atom is -0.490 e. The number of benzene rings is 2. The third kappa shape index (κ3) is 3.66. The van der Waals surface area contributed by atoms with E-state index in [1.54, 1.807) is 12.1 Å². The van der Waals surface area contributed by atoms with Gasteiger partial charge in [0.15, 0.2) is 0 Å². The molecule has 0 saturated carbocycles. The van der Waals surface area contributed by atoms with E-state index in [0.717, 1.165) is 18.4 Å². The van der Waals surface area contributed by atoms with Gasteiger partial charge in [0.25, 0.3) is 5.89 Å². The van der Waals surface area contributed by atoms with E-state index in [1.807, 2.05) is 43.9 Å². The van der Waals surface area contributed by atoms with Crippen molar-refractivity contribution in [2.24, 2.45) is 5.92 Å². The molecule has 168 valence electrons. The maximum atomic E-state index is 12.5. The van der Waals surface area contributed by atoms with Gasteiger partial charge < -0.3 is 14.2 Å². The van der Waals surface area contributed by atoms with Gasteiger partial charge in [0.1, 0.15) is 11.8 Å². The lowest BCUT2D eigenvalue weighted by Crippen LogP contribution is -2.41. The van der Waals surface area contributed by atoms with Gasteiger partial charge in [-0.25, -0.2) is 0 Å². The molecule has 2 atom stereocenters. The zero-order chi connectivity index (χ0) is 23.1. The Labute approximate surface area is 193 Å². The van der Waals surface area contributed by atoms with Gasteiger partial charge in [-0.3, -0.25) is 4.79 Å². The molecule has 2 aliphatic rings. The third-order valence-electron chi connectivity index (χ3n) is 6.55. The third-order valence-corrected chi connectivity index (χ3v) is 6.55. The first-order valence-electron chi connectivity index (χ1n) is 11.5. The van der Waals surface area contributed by atoms with Crippen molar-refractivity contribution in [2.45, 2.75) is 52.2 Å². The van der Waals surface area contributed by atoms with Crippen LogP contribution in [-0.4, -0.2) is 33.6 Å². The number of carbonyl (C=O) groups is 1. The Balaban J connectivity index is 1.49. The minimum absolute atomic E-state index is 0.0271. The van der Waals surface area contributed by atoms with E-state index in [4.69, 9.17) is 9.26 Å². The second-order valence-corrected chi connectivity index (χ2v) is 8.91. The van der Waals surface area contributed by atoms with Crippen LogP contribution >= 0.6 is 0 Å². The van der Waals surface area contributed by atoms with Gasteiger partial charge in [-0.15, -0.1) is 0 Å². The maximum Gasteiger partial charge on any atom is 0.258 e. The molecule has 33 heavy (non-hydrogen) atoms. The summed E-state index contributed by atoms with van der Waals surface area (Å²) in [7, 11) is 0. The molecule has 5 rings (SSSR count). The number of amides is 1. The molecule has 0 bridgehead atoms. The second kappa shape index (κ2) is 8.36. The van der Waals surface area contributed by atoms with Crippen molar-refractivity contribution in [1.82, 2.24) is 15.0 Å². The molecule has 1 saturated heterocycles. The van der Waals surface area contributed by atoms with Crippen molar-refractivity contribution in [1.29, 1.82) is 5.26 Å². The van der Waals surface area contributed by atoms with E-state index in [2.05, 4.69) is 22.3 Å². The van der Waals surface area contributed by atoms with E-state index in [1.165, 1.54) is 11.1 Å². The predicted octanol–water partition coefficient (Wildman–Crippen LogP) is 4.92. The number of hydrogen-bond donors (Lipinski definition) is 0. The second-order valence-electron chi connectivity index (χ2n) is 8.91. The lowest BCUT2D eigenvalue weighted by molar-refractivity contribution is -0.138. The molecule has 0 spiro atoms. The Morgan fingerprint density at radius 1 is 1.30 bits per heavy atom. The molecule has 0 N–H and O–H groups in total. The van der Waals surface area contributed by atoms with E-state index < -0.39 is 0 Å². The highest BCUT2D eigenvalue weighted by molar-refractivity contribution is 5.79. The van der Waals surface area contributed by atoms with Crippen molar-refractivity contribution >= 4 is 5.91 Å². The number of aromatic nitrogens is 2. The van der Waals surface area contributed by atoms with E-state index in [9.17, 15) is 10.1 Å². The number of nitriles is 1. The molecule has 1 fully saturated rings. The highest BCUT2D eigenvalue weighted by atomic mass is 16.5. The molecule has 1 aromatic heterocycles. The van der Waals surface area contributed by atoms with Gasteiger partial charge in [-0.2, -0.15) is 10.2 Å². The monoisotopic (exact) mass is 442 g/mol. The van der Waals surface area contributed by atoms with Crippen LogP contribution in [0, 0.1) is 17.2 Å². The molecule has 1 aliphatic heterocycles. The Bertz CT molecular complexity index is 1260. The van der Waals surface area contributed by atoms with Gasteiger partial charge in [0, 0.05) is 24.1 Å². The first-order chi connectivity index (χ1) is 16.0. The van der Waals surface area contributed by atoms with Crippen LogP contribution < -0.4 is 4.74 Å². The largest absolute Gasteiger partial charge is 0.490 e. The van der Waals surface area contributed by atoms with Gasteiger partial charge in [0.05, 0.1) is 17.7 Å². The smallest absolute Gasteiger partial charge is 0.258 e. The van der Waals surface area contributed by atoms with Crippen LogP contribution in [0.4, 0.5) is 0 Å². The summed E-state index contributed by atoms with van der Waals surface area (Å²) in [6.45, 7) is 6.60. The number of rotatable bonds is 5. The van der Waals surface area contributed by atoms with Crippen molar-refractivity contribution in [3.8, 4) is 34.7 Å². The van der Waals surface area contributed by atoms with Crippen LogP contribution in [0.1, 0.15) is 56.3 Å². The van der Waals surface area contributed by atoms with E-state index in [0.29, 0.717) is 47.5 Å². The molecule has 3 aromatic rings. The zero-order valence-corrected chi connectivity index (χ0v) is 19.0. The minimum atomic E-state index is -0.0271. The summed E-state index contributed by atoms with van der Waals surface area (Å²) in [6, 6.07) is 13.8. The maximum absolute atomic E-state index is 12.5. The van der Waals surface area contributed by atoms with Crippen molar-refractivity contribution in [3.63, 3.8) is 0 Å². The van der Waals surface area contributed by atoms with Crippen molar-refractivity contribution in [2.75, 3.05) is 6.54 Å². The highest BCUT2D eigenvalue weighted by Crippen LogP contribution is 2.48. The van der Waals surface area contributed by atoms with Gasteiger partial charge in [-0.05, 0) is 68.9 Å². The SMILES string of the molecule is CCN1C(=O)CC[C@@H]2Cc3c(-c4noc(-c5ccc(OC(C)C)c(C#N)c5)n4)cccc3[C@@H]21. The van der Waals surface area contributed by atoms with E-state index in [-0.39, 0.29) is 18.1 Å². The van der Waals surface area contributed by atoms with E-state index >= 15 is 0 Å². The molecule has 7 heteroatoms. The summed E-state index contributed by atoms with van der Waals surface area (Å²) < 4.78 is 11.3. The normalized spacial score (nSPS) is 19.4. The standard InChI is InChI=1S/C26H26N4O3/c1-4-30-23(31)11-9-16-13-21-19(24(16)30)6-5-7-20(21)25-28-26(33-29-25)17-8-10-22(32-15(2)3)18(12-17)14-27/h5-8,10,12,15-16,24H,4,9,11,13H2,1-3H3/t16-,24-/m1/s1. The average Bonchev–Trinajstić information content (AvgIpc) is 3.44. The lowest BCUT2D eigenvalue weighted by Gasteiger charge is -2.37. The summed E-state index contributed by atoms with van der Waals surface area (Å²) in [5.74, 6) is 2.08. The fourth-order valence-corrected chi connectivity index (χ4v) is 5.17. The van der Waals surface area contributed by atoms with Crippen LogP contribution in [0.15, 0.2) is 40.9 Å². The van der Waals surface area contributed by atoms with Crippen LogP contribution in [0.25, 0.3) is 22.8 Å². The number of likely N-dealkylation sites (tertiary alicyclic amines) is 1. The molecule has 1 amide bonds.